The molecule has 0 aliphatic rings. The van der Waals surface area contributed by atoms with E-state index in [-0.39, 0.29) is 43.6 Å². The van der Waals surface area contributed by atoms with Gasteiger partial charge in [0.2, 0.25) is 0 Å². The molecule has 0 amide bonds. The van der Waals surface area contributed by atoms with Crippen LogP contribution in [0.25, 0.3) is 17.8 Å². The fourth-order valence-electron chi connectivity index (χ4n) is 1.67. The average molecular weight is 251 g/mol. The van der Waals surface area contributed by atoms with Gasteiger partial charge >= 0.3 is 37.7 Å². The van der Waals surface area contributed by atoms with E-state index in [4.69, 9.17) is 0 Å². The van der Waals surface area contributed by atoms with Crippen LogP contribution in [0.1, 0.15) is 11.1 Å². The van der Waals surface area contributed by atoms with Crippen LogP contribution in [0, 0.1) is 6.92 Å². The van der Waals surface area contributed by atoms with Crippen molar-refractivity contribution in [2.75, 3.05) is 0 Å². The molecule has 92 valence electrons. The van der Waals surface area contributed by atoms with Crippen LogP contribution in [0.4, 0.5) is 0 Å². The van der Waals surface area contributed by atoms with Crippen LogP contribution in [0.2, 0.25) is 0 Å². The third kappa shape index (κ3) is 5.16. The topological polar surface area (TPSA) is 37.2 Å². The SMILES string of the molecule is C=c1cccc/c1=C(/[O-])[N-]Cc1ccc(C)cc1.[Li+].[Li+]. The Morgan fingerprint density at radius 3 is 2.25 bits per heavy atom. The molecule has 2 aromatic rings. The zero-order valence-electron chi connectivity index (χ0n) is 12.4. The number of hydrogen-bond acceptors (Lipinski definition) is 1. The van der Waals surface area contributed by atoms with E-state index in [1.54, 1.807) is 6.07 Å². The zero-order chi connectivity index (χ0) is 13.0. The first-order chi connectivity index (χ1) is 8.66. The summed E-state index contributed by atoms with van der Waals surface area (Å²) in [6, 6.07) is 15.3. The summed E-state index contributed by atoms with van der Waals surface area (Å²) in [5.74, 6) is -0.207. The summed E-state index contributed by atoms with van der Waals surface area (Å²) in [5, 5.41) is 17.3. The number of hydrogen-bond donors (Lipinski definition) is 0. The van der Waals surface area contributed by atoms with Crippen LogP contribution in [-0.2, 0) is 6.54 Å². The molecule has 0 aromatic heterocycles. The van der Waals surface area contributed by atoms with E-state index in [0.717, 1.165) is 10.8 Å². The van der Waals surface area contributed by atoms with Gasteiger partial charge in [-0.3, -0.25) is 0 Å². The van der Waals surface area contributed by atoms with E-state index >= 15 is 0 Å². The molecular formula is C16H15Li2NO. The first kappa shape index (κ1) is 19.0. The third-order valence-corrected chi connectivity index (χ3v) is 2.77. The van der Waals surface area contributed by atoms with Crippen molar-refractivity contribution in [3.8, 4) is 0 Å². The average Bonchev–Trinajstić information content (AvgIpc) is 2.38. The Morgan fingerprint density at radius 1 is 1.05 bits per heavy atom. The maximum atomic E-state index is 11.9. The van der Waals surface area contributed by atoms with Crippen LogP contribution < -0.4 is 53.3 Å². The minimum absolute atomic E-state index is 0. The Hall–Kier alpha value is -1.03. The van der Waals surface area contributed by atoms with Gasteiger partial charge in [-0.2, -0.15) is 0 Å². The van der Waals surface area contributed by atoms with Crippen molar-refractivity contribution in [1.82, 2.24) is 0 Å². The van der Waals surface area contributed by atoms with Gasteiger partial charge in [-0.15, -0.1) is 6.54 Å². The van der Waals surface area contributed by atoms with Crippen LogP contribution in [-0.4, -0.2) is 0 Å². The summed E-state index contributed by atoms with van der Waals surface area (Å²) in [6.45, 7) is 6.27. The number of benzene rings is 2. The first-order valence-corrected chi connectivity index (χ1v) is 5.85. The van der Waals surface area contributed by atoms with Crippen LogP contribution in [0.15, 0.2) is 48.5 Å². The van der Waals surface area contributed by atoms with Gasteiger partial charge in [-0.1, -0.05) is 66.2 Å². The fourth-order valence-corrected chi connectivity index (χ4v) is 1.67. The molecule has 0 saturated heterocycles. The molecule has 0 radical (unpaired) electrons. The normalized spacial score (nSPS) is 10.8. The Bertz CT molecular complexity index is 638. The number of aryl methyl sites for hydroxylation is 1. The van der Waals surface area contributed by atoms with E-state index < -0.39 is 0 Å². The minimum Gasteiger partial charge on any atom is -0.889 e. The predicted molar refractivity (Wildman–Crippen MR) is 72.9 cm³/mol. The second kappa shape index (κ2) is 9.01. The molecule has 4 heteroatoms. The Labute approximate surface area is 144 Å². The Kier molecular flexibility index (Phi) is 8.55. The van der Waals surface area contributed by atoms with E-state index in [1.807, 2.05) is 49.4 Å². The number of nitrogens with zero attached hydrogens (tertiary/aromatic N) is 1. The molecule has 2 rings (SSSR count). The van der Waals surface area contributed by atoms with Crippen molar-refractivity contribution in [2.24, 2.45) is 0 Å². The summed E-state index contributed by atoms with van der Waals surface area (Å²) < 4.78 is 0. The molecule has 0 aliphatic carbocycles. The van der Waals surface area contributed by atoms with Crippen LogP contribution in [0.5, 0.6) is 0 Å². The Morgan fingerprint density at radius 2 is 1.65 bits per heavy atom. The quantitative estimate of drug-likeness (QED) is 0.506. The maximum Gasteiger partial charge on any atom is 1.00 e. The second-order valence-corrected chi connectivity index (χ2v) is 4.26. The standard InChI is InChI=1S/C16H16NO.2Li/c1-12-7-9-14(10-8-12)11-17-16(18)15-6-4-3-5-13(15)2;;/h3-10,18H,2,11H2,1H3;;/q-1;2*+1/p-1/b16-15-;;. The van der Waals surface area contributed by atoms with Crippen molar-refractivity contribution < 1.29 is 42.8 Å². The van der Waals surface area contributed by atoms with Crippen molar-refractivity contribution in [3.63, 3.8) is 0 Å². The molecule has 0 aliphatic heterocycles. The van der Waals surface area contributed by atoms with Crippen molar-refractivity contribution in [3.05, 3.63) is 75.4 Å². The van der Waals surface area contributed by atoms with Gasteiger partial charge in [-0.05, 0) is 17.4 Å². The van der Waals surface area contributed by atoms with Crippen LogP contribution >= 0.6 is 0 Å². The first-order valence-electron chi connectivity index (χ1n) is 5.85. The van der Waals surface area contributed by atoms with Gasteiger partial charge < -0.3 is 10.4 Å². The van der Waals surface area contributed by atoms with Gasteiger partial charge in [0.05, 0.1) is 0 Å². The molecule has 20 heavy (non-hydrogen) atoms. The van der Waals surface area contributed by atoms with E-state index in [0.29, 0.717) is 11.8 Å². The maximum absolute atomic E-state index is 11.9. The molecule has 0 N–H and O–H groups in total. The molecule has 0 saturated carbocycles. The zero-order valence-corrected chi connectivity index (χ0v) is 12.4. The summed E-state index contributed by atoms with van der Waals surface area (Å²) >= 11 is 0. The van der Waals surface area contributed by atoms with Gasteiger partial charge in [-0.25, -0.2) is 5.88 Å². The molecule has 2 nitrogen and oxygen atoms in total. The molecule has 0 bridgehead atoms. The van der Waals surface area contributed by atoms with E-state index in [2.05, 4.69) is 11.9 Å². The molecule has 0 atom stereocenters. The van der Waals surface area contributed by atoms with Gasteiger partial charge in [0.25, 0.3) is 0 Å². The van der Waals surface area contributed by atoms with Gasteiger partial charge in [0.1, 0.15) is 0 Å². The monoisotopic (exact) mass is 251 g/mol. The largest absolute Gasteiger partial charge is 1.00 e. The summed E-state index contributed by atoms with van der Waals surface area (Å²) in [4.78, 5) is 0. The van der Waals surface area contributed by atoms with E-state index in [9.17, 15) is 5.11 Å². The predicted octanol–water partition coefficient (Wildman–Crippen LogP) is -4.59. The second-order valence-electron chi connectivity index (χ2n) is 4.26. The summed E-state index contributed by atoms with van der Waals surface area (Å²) in [6.07, 6.45) is 0. The molecule has 0 unspecified atom stereocenters. The smallest absolute Gasteiger partial charge is 0.889 e. The fraction of sp³-hybridized carbons (Fsp3) is 0.125. The molecule has 0 heterocycles. The van der Waals surface area contributed by atoms with Crippen LogP contribution in [0.3, 0.4) is 0 Å². The number of rotatable bonds is 3. The van der Waals surface area contributed by atoms with Gasteiger partial charge in [0.15, 0.2) is 0 Å². The Balaban J connectivity index is 0.00000180. The molecular weight excluding hydrogens is 236 g/mol. The molecule has 2 aromatic carbocycles. The molecule has 0 fully saturated rings. The summed E-state index contributed by atoms with van der Waals surface area (Å²) in [5.41, 5.74) is 2.24. The van der Waals surface area contributed by atoms with Gasteiger partial charge in [0, 0.05) is 0 Å². The van der Waals surface area contributed by atoms with Crippen molar-refractivity contribution >= 4 is 12.5 Å². The van der Waals surface area contributed by atoms with Crippen molar-refractivity contribution in [1.29, 1.82) is 0 Å². The minimum atomic E-state index is -0.207. The summed E-state index contributed by atoms with van der Waals surface area (Å²) in [7, 11) is 0. The van der Waals surface area contributed by atoms with Crippen molar-refractivity contribution in [2.45, 2.75) is 13.5 Å². The molecule has 0 spiro atoms. The third-order valence-electron chi connectivity index (χ3n) is 2.77. The van der Waals surface area contributed by atoms with E-state index in [1.165, 1.54) is 5.56 Å².